The quantitative estimate of drug-likeness (QED) is 0.456. The second-order valence-corrected chi connectivity index (χ2v) is 5.74. The van der Waals surface area contributed by atoms with Gasteiger partial charge >= 0.3 is 5.97 Å². The van der Waals surface area contributed by atoms with E-state index >= 15 is 0 Å². The summed E-state index contributed by atoms with van der Waals surface area (Å²) >= 11 is 0. The molecule has 0 saturated heterocycles. The predicted octanol–water partition coefficient (Wildman–Crippen LogP) is 0.171. The van der Waals surface area contributed by atoms with Gasteiger partial charge in [-0.3, -0.25) is 9.35 Å². The molecule has 0 spiro atoms. The number of anilines is 2. The van der Waals surface area contributed by atoms with Crippen molar-refractivity contribution in [2.45, 2.75) is 18.2 Å². The average molecular weight is 327 g/mol. The number of amides is 1. The van der Waals surface area contributed by atoms with Crippen molar-refractivity contribution in [2.24, 2.45) is 5.10 Å². The minimum absolute atomic E-state index is 0.0516. The summed E-state index contributed by atoms with van der Waals surface area (Å²) < 4.78 is 35.9. The summed E-state index contributed by atoms with van der Waals surface area (Å²) in [5.41, 5.74) is 5.43. The van der Waals surface area contributed by atoms with Crippen LogP contribution in [0.25, 0.3) is 0 Å². The fourth-order valence-electron chi connectivity index (χ4n) is 1.86. The summed E-state index contributed by atoms with van der Waals surface area (Å²) in [6, 6.07) is 3.46. The van der Waals surface area contributed by atoms with Gasteiger partial charge in [-0.15, -0.1) is 0 Å². The van der Waals surface area contributed by atoms with Gasteiger partial charge in [0.25, 0.3) is 16.0 Å². The molecule has 10 heteroatoms. The van der Waals surface area contributed by atoms with Gasteiger partial charge < -0.3 is 10.5 Å². The number of carbonyl (C=O) groups excluding carboxylic acids is 2. The SMILES string of the molecule is CCOC(=O)C1=NN(c2ccc(S(=O)(=O)O)c(N)c2)C(=O)C1. The van der Waals surface area contributed by atoms with Gasteiger partial charge in [-0.1, -0.05) is 0 Å². The first-order valence-electron chi connectivity index (χ1n) is 6.18. The van der Waals surface area contributed by atoms with Crippen molar-refractivity contribution in [1.29, 1.82) is 0 Å². The number of rotatable bonds is 4. The maximum Gasteiger partial charge on any atom is 0.355 e. The van der Waals surface area contributed by atoms with Crippen LogP contribution in [-0.4, -0.2) is 37.2 Å². The van der Waals surface area contributed by atoms with Crippen molar-refractivity contribution in [2.75, 3.05) is 17.3 Å². The van der Waals surface area contributed by atoms with E-state index in [1.54, 1.807) is 6.92 Å². The van der Waals surface area contributed by atoms with Crippen molar-refractivity contribution in [1.82, 2.24) is 0 Å². The summed E-state index contributed by atoms with van der Waals surface area (Å²) in [4.78, 5) is 23.0. The molecule has 1 aromatic rings. The zero-order chi connectivity index (χ0) is 16.5. The molecular formula is C12H13N3O6S. The highest BCUT2D eigenvalue weighted by molar-refractivity contribution is 7.86. The Morgan fingerprint density at radius 2 is 2.18 bits per heavy atom. The lowest BCUT2D eigenvalue weighted by Gasteiger charge is -2.13. The standard InChI is InChI=1S/C12H13N3O6S/c1-2-21-12(17)9-6-11(16)15(14-9)7-3-4-10(8(13)5-7)22(18,19)20/h3-5H,2,6,13H2,1H3,(H,18,19,20). The van der Waals surface area contributed by atoms with Gasteiger partial charge in [-0.05, 0) is 25.1 Å². The molecule has 1 aliphatic heterocycles. The first-order valence-corrected chi connectivity index (χ1v) is 7.62. The van der Waals surface area contributed by atoms with Crippen LogP contribution in [0.2, 0.25) is 0 Å². The van der Waals surface area contributed by atoms with Crippen LogP contribution in [0.5, 0.6) is 0 Å². The Hall–Kier alpha value is -2.46. The first kappa shape index (κ1) is 15.9. The topological polar surface area (TPSA) is 139 Å². The first-order chi connectivity index (χ1) is 10.2. The molecule has 0 aromatic heterocycles. The van der Waals surface area contributed by atoms with E-state index in [0.717, 1.165) is 11.1 Å². The molecule has 9 nitrogen and oxygen atoms in total. The molecule has 0 fully saturated rings. The number of hydrogen-bond acceptors (Lipinski definition) is 7. The van der Waals surface area contributed by atoms with Crippen LogP contribution in [0.3, 0.4) is 0 Å². The Kier molecular flexibility index (Phi) is 4.15. The highest BCUT2D eigenvalue weighted by Gasteiger charge is 2.30. The third kappa shape index (κ3) is 3.07. The second kappa shape index (κ2) is 5.73. The predicted molar refractivity (Wildman–Crippen MR) is 76.8 cm³/mol. The van der Waals surface area contributed by atoms with Gasteiger partial charge in [0.05, 0.1) is 24.4 Å². The number of nitrogens with two attached hydrogens (primary N) is 1. The highest BCUT2D eigenvalue weighted by Crippen LogP contribution is 2.27. The minimum Gasteiger partial charge on any atom is -0.461 e. The van der Waals surface area contributed by atoms with Crippen LogP contribution < -0.4 is 10.7 Å². The lowest BCUT2D eigenvalue weighted by molar-refractivity contribution is -0.135. The Morgan fingerprint density at radius 3 is 2.73 bits per heavy atom. The number of carbonyl (C=O) groups is 2. The summed E-state index contributed by atoms with van der Waals surface area (Å²) in [6.45, 7) is 1.78. The average Bonchev–Trinajstić information content (AvgIpc) is 2.79. The molecule has 0 unspecified atom stereocenters. The second-order valence-electron chi connectivity index (χ2n) is 4.35. The van der Waals surface area contributed by atoms with Crippen molar-refractivity contribution >= 4 is 39.1 Å². The molecule has 0 bridgehead atoms. The molecule has 0 atom stereocenters. The summed E-state index contributed by atoms with van der Waals surface area (Å²) in [6.07, 6.45) is -0.223. The normalized spacial score (nSPS) is 14.9. The molecule has 3 N–H and O–H groups in total. The number of nitrogen functional groups attached to an aromatic ring is 1. The smallest absolute Gasteiger partial charge is 0.355 e. The molecule has 1 amide bonds. The van der Waals surface area contributed by atoms with E-state index in [9.17, 15) is 18.0 Å². The fraction of sp³-hybridized carbons (Fsp3) is 0.250. The molecule has 1 heterocycles. The van der Waals surface area contributed by atoms with Crippen molar-refractivity contribution in [3.05, 3.63) is 18.2 Å². The van der Waals surface area contributed by atoms with Gasteiger partial charge in [0.15, 0.2) is 5.71 Å². The molecule has 0 saturated carbocycles. The molecule has 1 aliphatic rings. The molecular weight excluding hydrogens is 314 g/mol. The third-order valence-electron chi connectivity index (χ3n) is 2.80. The number of benzene rings is 1. The molecule has 1 aromatic carbocycles. The maximum atomic E-state index is 11.9. The van der Waals surface area contributed by atoms with E-state index < -0.39 is 26.9 Å². The fourth-order valence-corrected chi connectivity index (χ4v) is 2.46. The number of hydrazone groups is 1. The van der Waals surface area contributed by atoms with Crippen molar-refractivity contribution < 1.29 is 27.3 Å². The third-order valence-corrected chi connectivity index (χ3v) is 3.73. The molecule has 2 rings (SSSR count). The van der Waals surface area contributed by atoms with Crippen LogP contribution in [0.15, 0.2) is 28.2 Å². The minimum atomic E-state index is -4.46. The summed E-state index contributed by atoms with van der Waals surface area (Å²) in [7, 11) is -4.46. The van der Waals surface area contributed by atoms with E-state index in [1.165, 1.54) is 12.1 Å². The van der Waals surface area contributed by atoms with Gasteiger partial charge in [0, 0.05) is 0 Å². The van der Waals surface area contributed by atoms with E-state index in [4.69, 9.17) is 15.0 Å². The Morgan fingerprint density at radius 1 is 1.50 bits per heavy atom. The lowest BCUT2D eigenvalue weighted by Crippen LogP contribution is -2.20. The molecule has 0 aliphatic carbocycles. The largest absolute Gasteiger partial charge is 0.461 e. The monoisotopic (exact) mass is 327 g/mol. The van der Waals surface area contributed by atoms with Crippen LogP contribution >= 0.6 is 0 Å². The Bertz CT molecular complexity index is 771. The van der Waals surface area contributed by atoms with Crippen LogP contribution in [0.1, 0.15) is 13.3 Å². The maximum absolute atomic E-state index is 11.9. The van der Waals surface area contributed by atoms with Gasteiger partial charge in [-0.2, -0.15) is 18.5 Å². The molecule has 0 radical (unpaired) electrons. The number of esters is 1. The van der Waals surface area contributed by atoms with Crippen molar-refractivity contribution in [3.63, 3.8) is 0 Å². The van der Waals surface area contributed by atoms with Gasteiger partial charge in [0.1, 0.15) is 4.90 Å². The number of ether oxygens (including phenoxy) is 1. The molecule has 22 heavy (non-hydrogen) atoms. The highest BCUT2D eigenvalue weighted by atomic mass is 32.2. The summed E-state index contributed by atoms with van der Waals surface area (Å²) in [5.74, 6) is -1.18. The van der Waals surface area contributed by atoms with Crippen LogP contribution in [0.4, 0.5) is 11.4 Å². The summed E-state index contributed by atoms with van der Waals surface area (Å²) in [5, 5.41) is 4.78. The zero-order valence-electron chi connectivity index (χ0n) is 11.5. The lowest BCUT2D eigenvalue weighted by atomic mass is 10.2. The Labute approximate surface area is 126 Å². The van der Waals surface area contributed by atoms with E-state index in [1.807, 2.05) is 0 Å². The number of nitrogens with zero attached hydrogens (tertiary/aromatic N) is 2. The van der Waals surface area contributed by atoms with Gasteiger partial charge in [-0.25, -0.2) is 4.79 Å². The Balaban J connectivity index is 2.34. The van der Waals surface area contributed by atoms with Gasteiger partial charge in [0.2, 0.25) is 0 Å². The van der Waals surface area contributed by atoms with Crippen LogP contribution in [0, 0.1) is 0 Å². The zero-order valence-corrected chi connectivity index (χ0v) is 12.3. The van der Waals surface area contributed by atoms with Crippen LogP contribution in [-0.2, 0) is 24.4 Å². The number of hydrogen-bond donors (Lipinski definition) is 2. The molecule has 118 valence electrons. The van der Waals surface area contributed by atoms with Crippen molar-refractivity contribution in [3.8, 4) is 0 Å². The van der Waals surface area contributed by atoms with E-state index in [-0.39, 0.29) is 30.1 Å². The van der Waals surface area contributed by atoms with E-state index in [2.05, 4.69) is 5.10 Å². The van der Waals surface area contributed by atoms with E-state index in [0.29, 0.717) is 0 Å².